The molecule has 0 aromatic carbocycles. The largest absolute Gasteiger partial charge is 0.501 e. The second kappa shape index (κ2) is 3.46. The first-order valence-electron chi connectivity index (χ1n) is 3.77. The van der Waals surface area contributed by atoms with Gasteiger partial charge in [-0.3, -0.25) is 0 Å². The van der Waals surface area contributed by atoms with Gasteiger partial charge in [0.15, 0.2) is 0 Å². The lowest BCUT2D eigenvalue weighted by molar-refractivity contribution is 0.231. The molecule has 1 rings (SSSR count). The smallest absolute Gasteiger partial charge is 0.118 e. The maximum absolute atomic E-state index is 5.18. The molecule has 0 aliphatic heterocycles. The van der Waals surface area contributed by atoms with Crippen LogP contribution in [0.2, 0.25) is 0 Å². The van der Waals surface area contributed by atoms with E-state index in [1.807, 2.05) is 6.08 Å². The monoisotopic (exact) mass is 154 g/mol. The normalized spacial score (nSPS) is 23.7. The summed E-state index contributed by atoms with van der Waals surface area (Å²) >= 11 is 0. The highest BCUT2D eigenvalue weighted by Crippen LogP contribution is 2.23. The average Bonchev–Trinajstić information content (AvgIpc) is 2.05. The van der Waals surface area contributed by atoms with E-state index in [0.717, 1.165) is 17.9 Å². The van der Waals surface area contributed by atoms with E-state index in [-0.39, 0.29) is 0 Å². The van der Waals surface area contributed by atoms with Gasteiger partial charge in [-0.25, -0.2) is 0 Å². The molecular weight excluding hydrogens is 140 g/mol. The van der Waals surface area contributed by atoms with Crippen LogP contribution in [0.4, 0.5) is 0 Å². The van der Waals surface area contributed by atoms with Crippen molar-refractivity contribution >= 4 is 0 Å². The molecule has 0 saturated heterocycles. The number of allylic oxidation sites excluding steroid dienone is 3. The van der Waals surface area contributed by atoms with Crippen LogP contribution in [0.3, 0.4) is 0 Å². The predicted molar refractivity (Wildman–Crippen MR) is 44.0 cm³/mol. The van der Waals surface area contributed by atoms with Crippen molar-refractivity contribution < 1.29 is 9.47 Å². The molecule has 0 aromatic rings. The van der Waals surface area contributed by atoms with Gasteiger partial charge in [-0.1, -0.05) is 6.92 Å². The second-order valence-electron chi connectivity index (χ2n) is 2.70. The topological polar surface area (TPSA) is 18.5 Å². The van der Waals surface area contributed by atoms with Crippen LogP contribution < -0.4 is 0 Å². The standard InChI is InChI=1S/C9H14O2/c1-7-4-5-8(10-2)6-9(7)11-3/h5-7H,4H2,1-3H3/t7-/m1/s1. The number of hydrogen-bond acceptors (Lipinski definition) is 2. The molecule has 0 amide bonds. The molecule has 1 aliphatic carbocycles. The summed E-state index contributed by atoms with van der Waals surface area (Å²) in [7, 11) is 3.37. The van der Waals surface area contributed by atoms with Crippen molar-refractivity contribution in [2.45, 2.75) is 13.3 Å². The van der Waals surface area contributed by atoms with Crippen molar-refractivity contribution in [1.29, 1.82) is 0 Å². The fourth-order valence-corrected chi connectivity index (χ4v) is 1.15. The molecule has 0 N–H and O–H groups in total. The van der Waals surface area contributed by atoms with Crippen molar-refractivity contribution in [3.05, 3.63) is 23.7 Å². The molecule has 0 heterocycles. The summed E-state index contributed by atoms with van der Waals surface area (Å²) in [4.78, 5) is 0. The Morgan fingerprint density at radius 3 is 2.64 bits per heavy atom. The Balaban J connectivity index is 2.71. The Morgan fingerprint density at radius 2 is 2.09 bits per heavy atom. The summed E-state index contributed by atoms with van der Waals surface area (Å²) in [6.07, 6.45) is 5.02. The summed E-state index contributed by atoms with van der Waals surface area (Å²) in [5.41, 5.74) is 0. The van der Waals surface area contributed by atoms with E-state index in [9.17, 15) is 0 Å². The molecule has 0 radical (unpaired) electrons. The Morgan fingerprint density at radius 1 is 1.36 bits per heavy atom. The van der Waals surface area contributed by atoms with Gasteiger partial charge in [0.1, 0.15) is 11.5 Å². The van der Waals surface area contributed by atoms with Gasteiger partial charge in [-0.2, -0.15) is 0 Å². The SMILES string of the molecule is COC1=CC[C@@H](C)C(OC)=C1. The molecular formula is C9H14O2. The number of hydrogen-bond donors (Lipinski definition) is 0. The second-order valence-corrected chi connectivity index (χ2v) is 2.70. The van der Waals surface area contributed by atoms with Crippen molar-refractivity contribution in [2.24, 2.45) is 5.92 Å². The van der Waals surface area contributed by atoms with E-state index < -0.39 is 0 Å². The van der Waals surface area contributed by atoms with Crippen LogP contribution in [0.25, 0.3) is 0 Å². The van der Waals surface area contributed by atoms with Crippen molar-refractivity contribution in [1.82, 2.24) is 0 Å². The van der Waals surface area contributed by atoms with Crippen LogP contribution in [0.1, 0.15) is 13.3 Å². The van der Waals surface area contributed by atoms with Gasteiger partial charge in [0.2, 0.25) is 0 Å². The fraction of sp³-hybridized carbons (Fsp3) is 0.556. The predicted octanol–water partition coefficient (Wildman–Crippen LogP) is 2.09. The Hall–Kier alpha value is -0.920. The third-order valence-electron chi connectivity index (χ3n) is 1.91. The van der Waals surface area contributed by atoms with E-state index in [4.69, 9.17) is 9.47 Å². The minimum absolute atomic E-state index is 0.485. The number of rotatable bonds is 2. The van der Waals surface area contributed by atoms with Gasteiger partial charge in [-0.05, 0) is 12.5 Å². The van der Waals surface area contributed by atoms with Gasteiger partial charge in [0, 0.05) is 12.0 Å². The van der Waals surface area contributed by atoms with Crippen LogP contribution in [-0.4, -0.2) is 14.2 Å². The molecule has 0 bridgehead atoms. The highest BCUT2D eigenvalue weighted by molar-refractivity contribution is 5.21. The molecule has 1 aliphatic rings. The molecule has 2 nitrogen and oxygen atoms in total. The van der Waals surface area contributed by atoms with Gasteiger partial charge in [-0.15, -0.1) is 0 Å². The quantitative estimate of drug-likeness (QED) is 0.606. The zero-order chi connectivity index (χ0) is 8.27. The third-order valence-corrected chi connectivity index (χ3v) is 1.91. The summed E-state index contributed by atoms with van der Waals surface area (Å²) < 4.78 is 10.3. The van der Waals surface area contributed by atoms with Crippen LogP contribution in [-0.2, 0) is 9.47 Å². The maximum Gasteiger partial charge on any atom is 0.118 e. The minimum Gasteiger partial charge on any atom is -0.501 e. The lowest BCUT2D eigenvalue weighted by atomic mass is 10.0. The lowest BCUT2D eigenvalue weighted by Crippen LogP contribution is -2.06. The van der Waals surface area contributed by atoms with E-state index >= 15 is 0 Å². The Kier molecular flexibility index (Phi) is 2.58. The molecule has 2 heteroatoms. The summed E-state index contributed by atoms with van der Waals surface area (Å²) in [5.74, 6) is 2.39. The molecule has 0 unspecified atom stereocenters. The van der Waals surface area contributed by atoms with E-state index in [2.05, 4.69) is 13.0 Å². The highest BCUT2D eigenvalue weighted by atomic mass is 16.5. The summed E-state index contributed by atoms with van der Waals surface area (Å²) in [6, 6.07) is 0. The van der Waals surface area contributed by atoms with E-state index in [0.29, 0.717) is 5.92 Å². The minimum atomic E-state index is 0.485. The number of methoxy groups -OCH3 is 2. The maximum atomic E-state index is 5.18. The summed E-state index contributed by atoms with van der Waals surface area (Å²) in [5, 5.41) is 0. The van der Waals surface area contributed by atoms with Gasteiger partial charge in [0.25, 0.3) is 0 Å². The first kappa shape index (κ1) is 8.18. The Bertz CT molecular complexity index is 192. The van der Waals surface area contributed by atoms with E-state index in [1.165, 1.54) is 0 Å². The Labute approximate surface area is 67.5 Å². The van der Waals surface area contributed by atoms with Crippen molar-refractivity contribution in [3.8, 4) is 0 Å². The highest BCUT2D eigenvalue weighted by Gasteiger charge is 2.13. The van der Waals surface area contributed by atoms with E-state index in [1.54, 1.807) is 14.2 Å². The molecule has 11 heavy (non-hydrogen) atoms. The molecule has 0 fully saturated rings. The first-order valence-corrected chi connectivity index (χ1v) is 3.77. The molecule has 1 atom stereocenters. The van der Waals surface area contributed by atoms with Crippen molar-refractivity contribution in [3.63, 3.8) is 0 Å². The number of ether oxygens (including phenoxy) is 2. The zero-order valence-corrected chi connectivity index (χ0v) is 7.26. The van der Waals surface area contributed by atoms with Crippen LogP contribution >= 0.6 is 0 Å². The van der Waals surface area contributed by atoms with Crippen molar-refractivity contribution in [2.75, 3.05) is 14.2 Å². The average molecular weight is 154 g/mol. The van der Waals surface area contributed by atoms with Crippen LogP contribution in [0, 0.1) is 5.92 Å². The first-order chi connectivity index (χ1) is 5.27. The lowest BCUT2D eigenvalue weighted by Gasteiger charge is -2.18. The van der Waals surface area contributed by atoms with Crippen LogP contribution in [0.15, 0.2) is 23.7 Å². The molecule has 62 valence electrons. The van der Waals surface area contributed by atoms with Gasteiger partial charge in [0.05, 0.1) is 14.2 Å². The fourth-order valence-electron chi connectivity index (χ4n) is 1.15. The summed E-state index contributed by atoms with van der Waals surface area (Å²) in [6.45, 7) is 2.14. The van der Waals surface area contributed by atoms with Crippen LogP contribution in [0.5, 0.6) is 0 Å². The van der Waals surface area contributed by atoms with Gasteiger partial charge < -0.3 is 9.47 Å². The molecule has 0 spiro atoms. The third kappa shape index (κ3) is 1.76. The van der Waals surface area contributed by atoms with Gasteiger partial charge >= 0.3 is 0 Å². The molecule has 0 aromatic heterocycles. The zero-order valence-electron chi connectivity index (χ0n) is 7.26. The molecule has 0 saturated carbocycles.